The minimum absolute atomic E-state index is 0.0588. The zero-order valence-electron chi connectivity index (χ0n) is 16.0. The molecule has 1 N–H and O–H groups in total. The second-order valence-electron chi connectivity index (χ2n) is 6.91. The van der Waals surface area contributed by atoms with E-state index < -0.39 is 0 Å². The number of carbonyl (C=O) groups is 1. The smallest absolute Gasteiger partial charge is 0.269 e. The molecule has 1 saturated heterocycles. The number of carbonyl (C=O) groups excluding carboxylic acids is 1. The zero-order valence-corrected chi connectivity index (χ0v) is 16.0. The highest BCUT2D eigenvalue weighted by Gasteiger charge is 2.24. The number of amides is 1. The molecule has 1 amide bonds. The molecule has 0 spiro atoms. The Bertz CT molecular complexity index is 937. The maximum atomic E-state index is 13.4. The van der Waals surface area contributed by atoms with Gasteiger partial charge in [0.2, 0.25) is 0 Å². The summed E-state index contributed by atoms with van der Waals surface area (Å²) in [5, 5.41) is 3.03. The normalized spacial score (nSPS) is 15.8. The largest absolute Gasteiger partial charge is 0.379 e. The SMILES string of the molecule is O=C(NCC(c1ccc(F)cc1)N1CCOCC1)c1cncn1-c1ccccc1. The van der Waals surface area contributed by atoms with E-state index in [4.69, 9.17) is 4.74 Å². The molecule has 2 aromatic carbocycles. The molecule has 1 atom stereocenters. The lowest BCUT2D eigenvalue weighted by atomic mass is 10.0. The Hall–Kier alpha value is -3.03. The van der Waals surface area contributed by atoms with Gasteiger partial charge in [-0.1, -0.05) is 30.3 Å². The second-order valence-corrected chi connectivity index (χ2v) is 6.91. The highest BCUT2D eigenvalue weighted by atomic mass is 19.1. The number of aromatic nitrogens is 2. The Balaban J connectivity index is 1.51. The van der Waals surface area contributed by atoms with Crippen LogP contribution in [0.2, 0.25) is 0 Å². The van der Waals surface area contributed by atoms with Gasteiger partial charge in [0, 0.05) is 25.3 Å². The minimum atomic E-state index is -0.273. The van der Waals surface area contributed by atoms with Crippen LogP contribution in [-0.2, 0) is 4.74 Å². The van der Waals surface area contributed by atoms with E-state index in [1.54, 1.807) is 29.2 Å². The predicted molar refractivity (Wildman–Crippen MR) is 107 cm³/mol. The van der Waals surface area contributed by atoms with Crippen molar-refractivity contribution in [2.24, 2.45) is 0 Å². The van der Waals surface area contributed by atoms with Crippen molar-refractivity contribution in [1.82, 2.24) is 19.8 Å². The average Bonchev–Trinajstić information content (AvgIpc) is 3.26. The fourth-order valence-corrected chi connectivity index (χ4v) is 3.57. The van der Waals surface area contributed by atoms with Gasteiger partial charge in [0.1, 0.15) is 11.5 Å². The number of morpholine rings is 1. The molecule has 1 aromatic heterocycles. The number of halogens is 1. The number of nitrogens with one attached hydrogen (secondary N) is 1. The van der Waals surface area contributed by atoms with Gasteiger partial charge in [0.05, 0.1) is 31.8 Å². The molecule has 3 aromatic rings. The molecule has 1 aliphatic heterocycles. The molecule has 150 valence electrons. The van der Waals surface area contributed by atoms with Crippen LogP contribution in [0.25, 0.3) is 5.69 Å². The quantitative estimate of drug-likeness (QED) is 0.699. The lowest BCUT2D eigenvalue weighted by Gasteiger charge is -2.35. The molecule has 1 fully saturated rings. The molecule has 6 nitrogen and oxygen atoms in total. The number of hydrogen-bond acceptors (Lipinski definition) is 4. The highest BCUT2D eigenvalue weighted by Crippen LogP contribution is 2.22. The van der Waals surface area contributed by atoms with E-state index >= 15 is 0 Å². The summed E-state index contributed by atoms with van der Waals surface area (Å²) in [4.78, 5) is 19.3. The molecular weight excluding hydrogens is 371 g/mol. The third-order valence-corrected chi connectivity index (χ3v) is 5.10. The average molecular weight is 394 g/mol. The summed E-state index contributed by atoms with van der Waals surface area (Å²) >= 11 is 0. The second kappa shape index (κ2) is 8.98. The monoisotopic (exact) mass is 394 g/mol. The number of imidazole rings is 1. The fraction of sp³-hybridized carbons (Fsp3) is 0.273. The van der Waals surface area contributed by atoms with Crippen molar-refractivity contribution in [3.8, 4) is 5.69 Å². The summed E-state index contributed by atoms with van der Waals surface area (Å²) in [5.41, 5.74) is 2.31. The molecule has 0 bridgehead atoms. The number of benzene rings is 2. The van der Waals surface area contributed by atoms with E-state index in [1.165, 1.54) is 12.1 Å². The van der Waals surface area contributed by atoms with E-state index in [-0.39, 0.29) is 17.8 Å². The minimum Gasteiger partial charge on any atom is -0.379 e. The number of nitrogens with zero attached hydrogens (tertiary/aromatic N) is 3. The number of rotatable bonds is 6. The maximum Gasteiger partial charge on any atom is 0.269 e. The summed E-state index contributed by atoms with van der Waals surface area (Å²) in [6, 6.07) is 16.0. The Morgan fingerprint density at radius 1 is 1.10 bits per heavy atom. The van der Waals surface area contributed by atoms with Crippen LogP contribution in [0.15, 0.2) is 67.1 Å². The van der Waals surface area contributed by atoms with Gasteiger partial charge in [0.25, 0.3) is 5.91 Å². The van der Waals surface area contributed by atoms with Gasteiger partial charge in [-0.05, 0) is 29.8 Å². The lowest BCUT2D eigenvalue weighted by molar-refractivity contribution is 0.0162. The number of hydrogen-bond donors (Lipinski definition) is 1. The van der Waals surface area contributed by atoms with Gasteiger partial charge in [0.15, 0.2) is 0 Å². The van der Waals surface area contributed by atoms with Crippen molar-refractivity contribution >= 4 is 5.91 Å². The first-order chi connectivity index (χ1) is 14.2. The Morgan fingerprint density at radius 3 is 2.55 bits per heavy atom. The van der Waals surface area contributed by atoms with E-state index in [0.29, 0.717) is 25.5 Å². The molecule has 4 rings (SSSR count). The van der Waals surface area contributed by atoms with Crippen LogP contribution < -0.4 is 5.32 Å². The fourth-order valence-electron chi connectivity index (χ4n) is 3.57. The predicted octanol–water partition coefficient (Wildman–Crippen LogP) is 2.81. The highest BCUT2D eigenvalue weighted by molar-refractivity contribution is 5.93. The van der Waals surface area contributed by atoms with Crippen molar-refractivity contribution in [3.05, 3.63) is 84.2 Å². The van der Waals surface area contributed by atoms with Gasteiger partial charge < -0.3 is 10.1 Å². The Labute approximate surface area is 168 Å². The van der Waals surface area contributed by atoms with Crippen LogP contribution in [0.3, 0.4) is 0 Å². The van der Waals surface area contributed by atoms with Crippen molar-refractivity contribution in [3.63, 3.8) is 0 Å². The Kier molecular flexibility index (Phi) is 5.97. The first-order valence-corrected chi connectivity index (χ1v) is 9.65. The summed E-state index contributed by atoms with van der Waals surface area (Å²) in [6.45, 7) is 3.23. The Morgan fingerprint density at radius 2 is 1.83 bits per heavy atom. The van der Waals surface area contributed by atoms with E-state index in [1.807, 2.05) is 30.3 Å². The molecule has 0 radical (unpaired) electrons. The number of para-hydroxylation sites is 1. The van der Waals surface area contributed by atoms with Gasteiger partial charge >= 0.3 is 0 Å². The lowest BCUT2D eigenvalue weighted by Crippen LogP contribution is -2.44. The van der Waals surface area contributed by atoms with Crippen molar-refractivity contribution in [2.75, 3.05) is 32.8 Å². The van der Waals surface area contributed by atoms with Gasteiger partial charge in [-0.3, -0.25) is 14.3 Å². The van der Waals surface area contributed by atoms with Gasteiger partial charge in [-0.2, -0.15) is 0 Å². The molecule has 2 heterocycles. The van der Waals surface area contributed by atoms with Crippen molar-refractivity contribution < 1.29 is 13.9 Å². The van der Waals surface area contributed by atoms with E-state index in [9.17, 15) is 9.18 Å². The molecule has 1 unspecified atom stereocenters. The topological polar surface area (TPSA) is 59.4 Å². The third kappa shape index (κ3) is 4.52. The van der Waals surface area contributed by atoms with Crippen LogP contribution in [0, 0.1) is 5.82 Å². The maximum absolute atomic E-state index is 13.4. The molecule has 1 aliphatic rings. The van der Waals surface area contributed by atoms with E-state index in [2.05, 4.69) is 15.2 Å². The van der Waals surface area contributed by atoms with Gasteiger partial charge in [-0.15, -0.1) is 0 Å². The van der Waals surface area contributed by atoms with Crippen LogP contribution in [0.1, 0.15) is 22.1 Å². The summed E-state index contributed by atoms with van der Waals surface area (Å²) in [5.74, 6) is -0.475. The first kappa shape index (κ1) is 19.3. The summed E-state index contributed by atoms with van der Waals surface area (Å²) < 4.78 is 20.6. The molecule has 0 saturated carbocycles. The van der Waals surface area contributed by atoms with Crippen molar-refractivity contribution in [2.45, 2.75) is 6.04 Å². The molecule has 0 aliphatic carbocycles. The number of ether oxygens (including phenoxy) is 1. The van der Waals surface area contributed by atoms with Crippen LogP contribution in [-0.4, -0.2) is 53.2 Å². The molecule has 7 heteroatoms. The standard InChI is InChI=1S/C22H23FN4O2/c23-18-8-6-17(7-9-18)20(26-10-12-29-13-11-26)15-25-22(28)21-14-24-16-27(21)19-4-2-1-3-5-19/h1-9,14,16,20H,10-13,15H2,(H,25,28). The van der Waals surface area contributed by atoms with Crippen LogP contribution in [0.5, 0.6) is 0 Å². The summed E-state index contributed by atoms with van der Waals surface area (Å²) in [7, 11) is 0. The van der Waals surface area contributed by atoms with Gasteiger partial charge in [-0.25, -0.2) is 9.37 Å². The zero-order chi connectivity index (χ0) is 20.1. The summed E-state index contributed by atoms with van der Waals surface area (Å²) in [6.07, 6.45) is 3.19. The van der Waals surface area contributed by atoms with E-state index in [0.717, 1.165) is 24.3 Å². The van der Waals surface area contributed by atoms with Crippen LogP contribution >= 0.6 is 0 Å². The molecular formula is C22H23FN4O2. The first-order valence-electron chi connectivity index (χ1n) is 9.65. The van der Waals surface area contributed by atoms with Crippen LogP contribution in [0.4, 0.5) is 4.39 Å². The van der Waals surface area contributed by atoms with Crippen molar-refractivity contribution in [1.29, 1.82) is 0 Å². The molecule has 29 heavy (non-hydrogen) atoms. The third-order valence-electron chi connectivity index (χ3n) is 5.10.